The van der Waals surface area contributed by atoms with Crippen molar-refractivity contribution in [1.82, 2.24) is 4.90 Å². The highest BCUT2D eigenvalue weighted by atomic mass is 19.1. The lowest BCUT2D eigenvalue weighted by Crippen LogP contribution is -2.53. The van der Waals surface area contributed by atoms with Crippen molar-refractivity contribution in [2.75, 3.05) is 13.2 Å². The Morgan fingerprint density at radius 3 is 2.67 bits per heavy atom. The van der Waals surface area contributed by atoms with Crippen molar-refractivity contribution in [3.8, 4) is 0 Å². The molecule has 142 valence electrons. The van der Waals surface area contributed by atoms with Gasteiger partial charge in [-0.3, -0.25) is 4.79 Å². The van der Waals surface area contributed by atoms with Gasteiger partial charge in [-0.2, -0.15) is 0 Å². The van der Waals surface area contributed by atoms with Crippen molar-refractivity contribution >= 4 is 5.91 Å². The maximum Gasteiger partial charge on any atom is 0.252 e. The average Bonchev–Trinajstić information content (AvgIpc) is 2.69. The Hall–Kier alpha value is -2.28. The summed E-state index contributed by atoms with van der Waals surface area (Å²) in [6, 6.07) is 13.5. The SMILES string of the molecule is N[C@H]1CO[C@H](C(=O)N2CCc3ccccc3[C@@H]2c2ccc(F)cc2)C[C@H]1O. The minimum absolute atomic E-state index is 0.156. The van der Waals surface area contributed by atoms with E-state index in [2.05, 4.69) is 6.07 Å². The number of ether oxygens (including phenoxy) is 1. The largest absolute Gasteiger partial charge is 0.391 e. The molecule has 2 aliphatic rings. The van der Waals surface area contributed by atoms with Crippen molar-refractivity contribution in [3.05, 3.63) is 71.0 Å². The van der Waals surface area contributed by atoms with E-state index in [9.17, 15) is 14.3 Å². The molecule has 0 bridgehead atoms. The maximum absolute atomic E-state index is 13.4. The van der Waals surface area contributed by atoms with E-state index in [1.54, 1.807) is 17.0 Å². The second-order valence-electron chi connectivity index (χ2n) is 7.22. The highest BCUT2D eigenvalue weighted by Crippen LogP contribution is 2.36. The molecular formula is C21H23FN2O3. The zero-order valence-corrected chi connectivity index (χ0v) is 14.9. The van der Waals surface area contributed by atoms with Gasteiger partial charge in [-0.15, -0.1) is 0 Å². The number of amides is 1. The number of nitrogens with two attached hydrogens (primary N) is 1. The fraction of sp³-hybridized carbons (Fsp3) is 0.381. The zero-order valence-electron chi connectivity index (χ0n) is 14.9. The number of halogens is 1. The van der Waals surface area contributed by atoms with E-state index >= 15 is 0 Å². The summed E-state index contributed by atoms with van der Waals surface area (Å²) in [5.41, 5.74) is 8.85. The van der Waals surface area contributed by atoms with Crippen molar-refractivity contribution in [2.24, 2.45) is 5.73 Å². The van der Waals surface area contributed by atoms with E-state index < -0.39 is 18.2 Å². The van der Waals surface area contributed by atoms with Gasteiger partial charge in [0.25, 0.3) is 5.91 Å². The summed E-state index contributed by atoms with van der Waals surface area (Å²) >= 11 is 0. The number of aliphatic hydroxyl groups is 1. The van der Waals surface area contributed by atoms with Crippen LogP contribution >= 0.6 is 0 Å². The first-order valence-electron chi connectivity index (χ1n) is 9.23. The van der Waals surface area contributed by atoms with Crippen molar-refractivity contribution in [1.29, 1.82) is 0 Å². The number of nitrogens with zero attached hydrogens (tertiary/aromatic N) is 1. The molecule has 0 aromatic heterocycles. The van der Waals surface area contributed by atoms with Gasteiger partial charge in [0.05, 0.1) is 24.8 Å². The summed E-state index contributed by atoms with van der Waals surface area (Å²) in [6.07, 6.45) is -0.537. The van der Waals surface area contributed by atoms with Gasteiger partial charge in [0.15, 0.2) is 0 Å². The van der Waals surface area contributed by atoms with Gasteiger partial charge < -0.3 is 20.5 Å². The number of hydrogen-bond donors (Lipinski definition) is 2. The molecule has 6 heteroatoms. The van der Waals surface area contributed by atoms with Gasteiger partial charge in [-0.05, 0) is 35.2 Å². The number of aliphatic hydroxyl groups excluding tert-OH is 1. The lowest BCUT2D eigenvalue weighted by atomic mass is 9.87. The number of hydrogen-bond acceptors (Lipinski definition) is 4. The van der Waals surface area contributed by atoms with Crippen LogP contribution in [-0.4, -0.2) is 47.3 Å². The molecule has 0 aliphatic carbocycles. The Balaban J connectivity index is 1.68. The Morgan fingerprint density at radius 2 is 1.93 bits per heavy atom. The third-order valence-electron chi connectivity index (χ3n) is 5.47. The second kappa shape index (κ2) is 7.38. The minimum atomic E-state index is -0.756. The molecule has 0 radical (unpaired) electrons. The topological polar surface area (TPSA) is 75.8 Å². The zero-order chi connectivity index (χ0) is 19.0. The molecule has 27 heavy (non-hydrogen) atoms. The van der Waals surface area contributed by atoms with Gasteiger partial charge in [-0.25, -0.2) is 4.39 Å². The number of rotatable bonds is 2. The molecule has 0 spiro atoms. The normalized spacial score (nSPS) is 27.9. The molecule has 0 saturated carbocycles. The Bertz CT molecular complexity index is 826. The molecule has 2 aromatic carbocycles. The van der Waals surface area contributed by atoms with E-state index in [0.29, 0.717) is 6.54 Å². The van der Waals surface area contributed by atoms with E-state index in [1.807, 2.05) is 18.2 Å². The smallest absolute Gasteiger partial charge is 0.252 e. The van der Waals surface area contributed by atoms with Crippen LogP contribution in [0.2, 0.25) is 0 Å². The molecule has 3 N–H and O–H groups in total. The molecule has 1 fully saturated rings. The molecule has 2 aliphatic heterocycles. The first kappa shape index (κ1) is 18.1. The molecule has 0 unspecified atom stereocenters. The van der Waals surface area contributed by atoms with Gasteiger partial charge in [0.2, 0.25) is 0 Å². The van der Waals surface area contributed by atoms with Crippen molar-refractivity contribution < 1.29 is 19.0 Å². The number of carbonyl (C=O) groups is 1. The molecular weight excluding hydrogens is 347 g/mol. The summed E-state index contributed by atoms with van der Waals surface area (Å²) < 4.78 is 19.1. The molecule has 5 nitrogen and oxygen atoms in total. The average molecular weight is 370 g/mol. The third kappa shape index (κ3) is 3.48. The lowest BCUT2D eigenvalue weighted by Gasteiger charge is -2.41. The van der Waals surface area contributed by atoms with Crippen LogP contribution in [0.25, 0.3) is 0 Å². The van der Waals surface area contributed by atoms with Crippen LogP contribution in [0.1, 0.15) is 29.2 Å². The summed E-state index contributed by atoms with van der Waals surface area (Å²) in [4.78, 5) is 15.0. The predicted octanol–water partition coefficient (Wildman–Crippen LogP) is 1.78. The first-order chi connectivity index (χ1) is 13.0. The highest BCUT2D eigenvalue weighted by Gasteiger charge is 2.39. The molecule has 2 heterocycles. The van der Waals surface area contributed by atoms with E-state index in [-0.39, 0.29) is 30.8 Å². The summed E-state index contributed by atoms with van der Waals surface area (Å²) in [5.74, 6) is -0.474. The molecule has 1 saturated heterocycles. The number of carbonyl (C=O) groups excluding carboxylic acids is 1. The van der Waals surface area contributed by atoms with Gasteiger partial charge in [0.1, 0.15) is 11.9 Å². The first-order valence-corrected chi connectivity index (χ1v) is 9.23. The van der Waals surface area contributed by atoms with Gasteiger partial charge in [-0.1, -0.05) is 36.4 Å². The second-order valence-corrected chi connectivity index (χ2v) is 7.22. The predicted molar refractivity (Wildman–Crippen MR) is 98.4 cm³/mol. The van der Waals surface area contributed by atoms with Crippen molar-refractivity contribution in [3.63, 3.8) is 0 Å². The van der Waals surface area contributed by atoms with Crippen LogP contribution in [0, 0.1) is 5.82 Å². The summed E-state index contributed by atoms with van der Waals surface area (Å²) in [7, 11) is 0. The monoisotopic (exact) mass is 370 g/mol. The lowest BCUT2D eigenvalue weighted by molar-refractivity contribution is -0.154. The van der Waals surface area contributed by atoms with E-state index in [0.717, 1.165) is 17.5 Å². The van der Waals surface area contributed by atoms with Crippen LogP contribution in [-0.2, 0) is 16.0 Å². The minimum Gasteiger partial charge on any atom is -0.391 e. The van der Waals surface area contributed by atoms with Crippen LogP contribution < -0.4 is 5.73 Å². The van der Waals surface area contributed by atoms with Crippen LogP contribution in [0.15, 0.2) is 48.5 Å². The molecule has 1 amide bonds. The highest BCUT2D eigenvalue weighted by molar-refractivity contribution is 5.82. The standard InChI is InChI=1S/C21H23FN2O3/c22-15-7-5-14(6-8-15)20-16-4-2-1-3-13(16)9-10-24(20)21(26)19-11-18(25)17(23)12-27-19/h1-8,17-20,25H,9-12,23H2/t17-,18+,19-,20-/m0/s1. The van der Waals surface area contributed by atoms with Gasteiger partial charge in [0, 0.05) is 13.0 Å². The number of benzene rings is 2. The summed E-state index contributed by atoms with van der Waals surface area (Å²) in [6.45, 7) is 0.698. The van der Waals surface area contributed by atoms with Crippen molar-refractivity contribution in [2.45, 2.75) is 37.1 Å². The van der Waals surface area contributed by atoms with Crippen LogP contribution in [0.3, 0.4) is 0 Å². The van der Waals surface area contributed by atoms with E-state index in [1.165, 1.54) is 17.7 Å². The fourth-order valence-corrected chi connectivity index (χ4v) is 3.97. The summed E-state index contributed by atoms with van der Waals surface area (Å²) in [5, 5.41) is 10.0. The Morgan fingerprint density at radius 1 is 1.19 bits per heavy atom. The van der Waals surface area contributed by atoms with Gasteiger partial charge >= 0.3 is 0 Å². The van der Waals surface area contributed by atoms with E-state index in [4.69, 9.17) is 10.5 Å². The van der Waals surface area contributed by atoms with Crippen LogP contribution in [0.5, 0.6) is 0 Å². The molecule has 4 atom stereocenters. The quantitative estimate of drug-likeness (QED) is 0.845. The fourth-order valence-electron chi connectivity index (χ4n) is 3.97. The maximum atomic E-state index is 13.4. The Labute approximate surface area is 157 Å². The van der Waals surface area contributed by atoms with Crippen LogP contribution in [0.4, 0.5) is 4.39 Å². The third-order valence-corrected chi connectivity index (χ3v) is 5.47. The Kier molecular flexibility index (Phi) is 4.95. The molecule has 4 rings (SSSR count). The molecule has 2 aromatic rings. The number of fused-ring (bicyclic) bond motifs is 1.